The number of amides is 1. The number of aromatic nitrogens is 2. The Morgan fingerprint density at radius 1 is 1.13 bits per heavy atom. The number of Topliss-reactive ketones (excluding diaryl/α,β-unsaturated/α-hetero) is 1. The Hall–Kier alpha value is -3.46. The number of pyridine rings is 2. The normalized spacial score (nSPS) is 26.8. The van der Waals surface area contributed by atoms with Gasteiger partial charge in [0.15, 0.2) is 11.4 Å². The number of carbonyl (C=O) groups is 2. The monoisotopic (exact) mass is 535 g/mol. The molecule has 9 heteroatoms. The van der Waals surface area contributed by atoms with Crippen LogP contribution in [-0.4, -0.2) is 39.0 Å². The van der Waals surface area contributed by atoms with Crippen molar-refractivity contribution in [3.63, 3.8) is 0 Å². The van der Waals surface area contributed by atoms with Gasteiger partial charge in [0, 0.05) is 18.7 Å². The number of ketones is 1. The summed E-state index contributed by atoms with van der Waals surface area (Å²) in [6.45, 7) is 2.17. The first-order valence-electron chi connectivity index (χ1n) is 13.6. The molecule has 1 aromatic carbocycles. The number of anilines is 1. The van der Waals surface area contributed by atoms with Crippen molar-refractivity contribution in [3.05, 3.63) is 63.9 Å². The summed E-state index contributed by atoms with van der Waals surface area (Å²) in [6, 6.07) is 6.01. The molecule has 3 aromatic rings. The highest BCUT2D eigenvalue weighted by Crippen LogP contribution is 2.50. The molecular formula is C30H31F2N3O4. The van der Waals surface area contributed by atoms with E-state index in [1.54, 1.807) is 0 Å². The van der Waals surface area contributed by atoms with Gasteiger partial charge in [0.05, 0.1) is 35.7 Å². The molecule has 0 spiro atoms. The van der Waals surface area contributed by atoms with Crippen LogP contribution in [0.15, 0.2) is 41.3 Å². The van der Waals surface area contributed by atoms with Crippen molar-refractivity contribution in [1.82, 2.24) is 9.55 Å². The zero-order valence-electron chi connectivity index (χ0n) is 21.8. The number of β-amino-alcohol motifs (C(OH)–C–C–N with tert-alkyl or cyclic N) is 1. The molecule has 3 atom stereocenters. The van der Waals surface area contributed by atoms with Gasteiger partial charge in [0.1, 0.15) is 17.5 Å². The van der Waals surface area contributed by atoms with E-state index < -0.39 is 23.2 Å². The highest BCUT2D eigenvalue weighted by molar-refractivity contribution is 6.00. The van der Waals surface area contributed by atoms with Gasteiger partial charge in [-0.25, -0.2) is 13.8 Å². The first kappa shape index (κ1) is 25.8. The van der Waals surface area contributed by atoms with E-state index in [4.69, 9.17) is 0 Å². The largest absolute Gasteiger partial charge is 0.391 e. The molecule has 204 valence electrons. The molecule has 1 aliphatic heterocycles. The number of fused-ring (bicyclic) bond motifs is 3. The van der Waals surface area contributed by atoms with Gasteiger partial charge in [0.2, 0.25) is 11.3 Å². The Morgan fingerprint density at radius 3 is 2.54 bits per heavy atom. The van der Waals surface area contributed by atoms with Crippen LogP contribution in [-0.2, 0) is 4.79 Å². The number of rotatable bonds is 5. The third-order valence-corrected chi connectivity index (χ3v) is 8.73. The fourth-order valence-corrected chi connectivity index (χ4v) is 7.19. The highest BCUT2D eigenvalue weighted by atomic mass is 19.1. The Bertz CT molecular complexity index is 1540. The van der Waals surface area contributed by atoms with E-state index in [0.29, 0.717) is 11.8 Å². The second-order valence-electron chi connectivity index (χ2n) is 12.0. The average Bonchev–Trinajstić information content (AvgIpc) is 3.21. The molecule has 3 heterocycles. The van der Waals surface area contributed by atoms with Gasteiger partial charge in [-0.05, 0) is 60.8 Å². The Morgan fingerprint density at radius 2 is 1.87 bits per heavy atom. The first-order valence-corrected chi connectivity index (χ1v) is 13.6. The van der Waals surface area contributed by atoms with Crippen LogP contribution in [0.5, 0.6) is 0 Å². The summed E-state index contributed by atoms with van der Waals surface area (Å²) in [5, 5.41) is 10.0. The minimum Gasteiger partial charge on any atom is -0.391 e. The number of nitrogens with zero attached hydrogens (tertiary/aromatic N) is 3. The third kappa shape index (κ3) is 4.77. The molecule has 3 fully saturated rings. The number of hydrogen-bond donors (Lipinski definition) is 1. The molecule has 0 radical (unpaired) electrons. The SMILES string of the molecule is CC1(CC(=O)c2cn(-c3ccc(F)cc3F)c3nc(N4C[C@@H](O)CC4=O)ccc3c2=O)CC2CCCC(C2)C1. The summed E-state index contributed by atoms with van der Waals surface area (Å²) < 4.78 is 30.1. The maximum Gasteiger partial charge on any atom is 0.230 e. The summed E-state index contributed by atoms with van der Waals surface area (Å²) in [6.07, 6.45) is 7.32. The number of hydrogen-bond acceptors (Lipinski definition) is 5. The third-order valence-electron chi connectivity index (χ3n) is 8.73. The predicted molar refractivity (Wildman–Crippen MR) is 142 cm³/mol. The van der Waals surface area contributed by atoms with Gasteiger partial charge in [-0.15, -0.1) is 0 Å². The minimum atomic E-state index is -0.884. The smallest absolute Gasteiger partial charge is 0.230 e. The first-order chi connectivity index (χ1) is 18.6. The number of benzene rings is 1. The van der Waals surface area contributed by atoms with E-state index in [2.05, 4.69) is 11.9 Å². The van der Waals surface area contributed by atoms with Gasteiger partial charge in [-0.2, -0.15) is 0 Å². The number of aliphatic hydroxyl groups excluding tert-OH is 1. The van der Waals surface area contributed by atoms with Crippen LogP contribution in [0.1, 0.15) is 68.6 Å². The zero-order chi connectivity index (χ0) is 27.5. The van der Waals surface area contributed by atoms with Crippen molar-refractivity contribution in [2.75, 3.05) is 11.4 Å². The molecular weight excluding hydrogens is 504 g/mol. The van der Waals surface area contributed by atoms with Crippen molar-refractivity contribution >= 4 is 28.5 Å². The van der Waals surface area contributed by atoms with Crippen LogP contribution in [0.25, 0.3) is 16.7 Å². The van der Waals surface area contributed by atoms with Crippen molar-refractivity contribution in [1.29, 1.82) is 0 Å². The van der Waals surface area contributed by atoms with Crippen LogP contribution < -0.4 is 10.3 Å². The maximum atomic E-state index is 15.0. The summed E-state index contributed by atoms with van der Waals surface area (Å²) in [4.78, 5) is 45.5. The lowest BCUT2D eigenvalue weighted by Gasteiger charge is -2.45. The van der Waals surface area contributed by atoms with E-state index in [9.17, 15) is 23.9 Å². The van der Waals surface area contributed by atoms with Gasteiger partial charge in [-0.3, -0.25) is 23.9 Å². The lowest BCUT2D eigenvalue weighted by Crippen LogP contribution is -2.36. The Balaban J connectivity index is 1.46. The second kappa shape index (κ2) is 9.62. The molecule has 1 amide bonds. The lowest BCUT2D eigenvalue weighted by molar-refractivity contribution is -0.117. The standard InChI is InChI=1S/C30H31F2N3O4/c1-30(12-17-3-2-4-18(9-17)13-30)14-25(37)22-16-34(24-7-5-19(31)10-23(24)32)29-21(28(22)39)6-8-26(33-29)35-15-20(36)11-27(35)38/h5-8,10,16-18,20,36H,2-4,9,11-15H2,1H3/t17?,18?,20-,30?/m0/s1. The maximum absolute atomic E-state index is 15.0. The topological polar surface area (TPSA) is 92.5 Å². The van der Waals surface area contributed by atoms with E-state index in [-0.39, 0.29) is 64.6 Å². The van der Waals surface area contributed by atoms with Crippen LogP contribution in [0, 0.1) is 28.9 Å². The summed E-state index contributed by atoms with van der Waals surface area (Å²) in [5.41, 5.74) is -0.832. The number of halogens is 2. The molecule has 39 heavy (non-hydrogen) atoms. The Labute approximate surface area is 224 Å². The van der Waals surface area contributed by atoms with Crippen LogP contribution in [0.2, 0.25) is 0 Å². The summed E-state index contributed by atoms with van der Waals surface area (Å²) in [5.74, 6) is -0.877. The minimum absolute atomic E-state index is 0.0344. The molecule has 1 N–H and O–H groups in total. The molecule has 2 aromatic heterocycles. The van der Waals surface area contributed by atoms with Gasteiger partial charge < -0.3 is 5.11 Å². The predicted octanol–water partition coefficient (Wildman–Crippen LogP) is 4.94. The van der Waals surface area contributed by atoms with Gasteiger partial charge in [-0.1, -0.05) is 26.2 Å². The van der Waals surface area contributed by atoms with Crippen molar-refractivity contribution in [2.24, 2.45) is 17.3 Å². The molecule has 2 bridgehead atoms. The molecule has 3 aliphatic rings. The van der Waals surface area contributed by atoms with Crippen molar-refractivity contribution in [3.8, 4) is 5.69 Å². The average molecular weight is 536 g/mol. The van der Waals surface area contributed by atoms with Crippen LogP contribution in [0.3, 0.4) is 0 Å². The van der Waals surface area contributed by atoms with E-state index in [1.807, 2.05) is 0 Å². The molecule has 2 saturated carbocycles. The molecule has 7 nitrogen and oxygen atoms in total. The van der Waals surface area contributed by atoms with E-state index in [0.717, 1.165) is 25.0 Å². The molecule has 6 rings (SSSR count). The van der Waals surface area contributed by atoms with Gasteiger partial charge >= 0.3 is 0 Å². The van der Waals surface area contributed by atoms with E-state index >= 15 is 4.39 Å². The number of aliphatic hydroxyl groups is 1. The van der Waals surface area contributed by atoms with Gasteiger partial charge in [0.25, 0.3) is 0 Å². The zero-order valence-corrected chi connectivity index (χ0v) is 21.8. The second-order valence-corrected chi connectivity index (χ2v) is 12.0. The quantitative estimate of drug-likeness (QED) is 0.467. The van der Waals surface area contributed by atoms with Crippen LogP contribution >= 0.6 is 0 Å². The van der Waals surface area contributed by atoms with E-state index in [1.165, 1.54) is 59.5 Å². The highest BCUT2D eigenvalue weighted by Gasteiger charge is 2.40. The molecule has 1 saturated heterocycles. The molecule has 2 aliphatic carbocycles. The summed E-state index contributed by atoms with van der Waals surface area (Å²) >= 11 is 0. The number of carbonyl (C=O) groups excluding carboxylic acids is 2. The van der Waals surface area contributed by atoms with Crippen LogP contribution in [0.4, 0.5) is 14.6 Å². The fourth-order valence-electron chi connectivity index (χ4n) is 7.19. The van der Waals surface area contributed by atoms with Crippen molar-refractivity contribution in [2.45, 2.75) is 64.4 Å². The van der Waals surface area contributed by atoms with Crippen molar-refractivity contribution < 1.29 is 23.5 Å². The summed E-state index contributed by atoms with van der Waals surface area (Å²) in [7, 11) is 0. The Kier molecular flexibility index (Phi) is 6.37. The fraction of sp³-hybridized carbons (Fsp3) is 0.467. The lowest BCUT2D eigenvalue weighted by atomic mass is 9.60. The molecule has 2 unspecified atom stereocenters.